The largest absolute Gasteiger partial charge is 0.388 e. The van der Waals surface area contributed by atoms with E-state index in [1.165, 1.54) is 18.2 Å². The van der Waals surface area contributed by atoms with Crippen LogP contribution < -0.4 is 11.1 Å². The summed E-state index contributed by atoms with van der Waals surface area (Å²) in [5.41, 5.74) is 6.56. The Labute approximate surface area is 115 Å². The number of carbonyl (C=O) groups excluding carboxylic acids is 1. The Morgan fingerprint density at radius 3 is 2.84 bits per heavy atom. The molecule has 0 unspecified atom stereocenters. The van der Waals surface area contributed by atoms with Gasteiger partial charge in [0.15, 0.2) is 0 Å². The molecule has 0 saturated carbocycles. The minimum Gasteiger partial charge on any atom is -0.388 e. The molecule has 0 radical (unpaired) electrons. The van der Waals surface area contributed by atoms with Crippen molar-refractivity contribution in [2.45, 2.75) is 6.54 Å². The van der Waals surface area contributed by atoms with Crippen molar-refractivity contribution in [1.29, 1.82) is 0 Å². The lowest BCUT2D eigenvalue weighted by molar-refractivity contribution is -0.116. The van der Waals surface area contributed by atoms with Gasteiger partial charge >= 0.3 is 0 Å². The zero-order chi connectivity index (χ0) is 13.8. The summed E-state index contributed by atoms with van der Waals surface area (Å²) in [6, 6.07) is 9.20. The Morgan fingerprint density at radius 2 is 2.16 bits per heavy atom. The molecular formula is C13H12FN3OS. The molecule has 0 fully saturated rings. The van der Waals surface area contributed by atoms with E-state index in [9.17, 15) is 9.18 Å². The first kappa shape index (κ1) is 13.2. The first-order chi connectivity index (χ1) is 9.06. The standard InChI is InChI=1S/C13H12FN3OS/c14-9-3-1-4-10(7-9)16-12(18)8-17-6-2-5-11(17)13(15)19/h1-7H,8H2,(H2,15,19)(H,16,18). The van der Waals surface area contributed by atoms with E-state index in [4.69, 9.17) is 18.0 Å². The highest BCUT2D eigenvalue weighted by atomic mass is 32.1. The molecule has 0 atom stereocenters. The lowest BCUT2D eigenvalue weighted by atomic mass is 10.3. The third kappa shape index (κ3) is 3.38. The van der Waals surface area contributed by atoms with Gasteiger partial charge in [0.25, 0.3) is 0 Å². The van der Waals surface area contributed by atoms with Crippen molar-refractivity contribution >= 4 is 28.8 Å². The van der Waals surface area contributed by atoms with Crippen molar-refractivity contribution in [1.82, 2.24) is 4.57 Å². The Morgan fingerprint density at radius 1 is 1.37 bits per heavy atom. The van der Waals surface area contributed by atoms with Gasteiger partial charge in [-0.3, -0.25) is 4.79 Å². The topological polar surface area (TPSA) is 60.0 Å². The number of anilines is 1. The van der Waals surface area contributed by atoms with Gasteiger partial charge < -0.3 is 15.6 Å². The third-order valence-corrected chi connectivity index (χ3v) is 2.71. The molecule has 4 nitrogen and oxygen atoms in total. The molecule has 0 aliphatic heterocycles. The van der Waals surface area contributed by atoms with Crippen LogP contribution in [0.4, 0.5) is 10.1 Å². The van der Waals surface area contributed by atoms with Gasteiger partial charge in [0.05, 0.1) is 5.69 Å². The van der Waals surface area contributed by atoms with Crippen molar-refractivity contribution in [3.05, 3.63) is 54.1 Å². The minimum absolute atomic E-state index is 0.0657. The summed E-state index contributed by atoms with van der Waals surface area (Å²) in [5, 5.41) is 2.60. The SMILES string of the molecule is NC(=S)c1cccn1CC(=O)Nc1cccc(F)c1. The third-order valence-electron chi connectivity index (χ3n) is 2.50. The normalized spacial score (nSPS) is 10.2. The maximum atomic E-state index is 13.0. The van der Waals surface area contributed by atoms with Crippen LogP contribution in [0.2, 0.25) is 0 Å². The molecule has 1 aromatic heterocycles. The van der Waals surface area contributed by atoms with Gasteiger partial charge in [-0.05, 0) is 30.3 Å². The maximum Gasteiger partial charge on any atom is 0.244 e. The Bertz CT molecular complexity index is 624. The lowest BCUT2D eigenvalue weighted by Crippen LogP contribution is -2.22. The zero-order valence-electron chi connectivity index (χ0n) is 9.97. The van der Waals surface area contributed by atoms with Crippen LogP contribution in [0.25, 0.3) is 0 Å². The average molecular weight is 277 g/mol. The average Bonchev–Trinajstić information content (AvgIpc) is 2.76. The van der Waals surface area contributed by atoms with Crippen LogP contribution in [0.15, 0.2) is 42.6 Å². The van der Waals surface area contributed by atoms with E-state index in [1.807, 2.05) is 0 Å². The van der Waals surface area contributed by atoms with Gasteiger partial charge in [-0.25, -0.2) is 4.39 Å². The van der Waals surface area contributed by atoms with Crippen LogP contribution in [0.3, 0.4) is 0 Å². The van der Waals surface area contributed by atoms with Gasteiger partial charge in [-0.1, -0.05) is 18.3 Å². The molecule has 2 aromatic rings. The fourth-order valence-corrected chi connectivity index (χ4v) is 1.88. The second kappa shape index (κ2) is 5.62. The number of halogens is 1. The second-order valence-electron chi connectivity index (χ2n) is 3.94. The number of aromatic nitrogens is 1. The van der Waals surface area contributed by atoms with E-state index in [2.05, 4.69) is 5.32 Å². The molecule has 0 aliphatic rings. The Kier molecular flexibility index (Phi) is 3.91. The monoisotopic (exact) mass is 277 g/mol. The lowest BCUT2D eigenvalue weighted by Gasteiger charge is -2.09. The van der Waals surface area contributed by atoms with Crippen LogP contribution >= 0.6 is 12.2 Å². The van der Waals surface area contributed by atoms with Crippen LogP contribution in [0.1, 0.15) is 5.69 Å². The van der Waals surface area contributed by atoms with Crippen molar-refractivity contribution in [2.75, 3.05) is 5.32 Å². The van der Waals surface area contributed by atoms with E-state index in [0.717, 1.165) is 0 Å². The summed E-state index contributed by atoms with van der Waals surface area (Å²) in [6.07, 6.45) is 1.71. The summed E-state index contributed by atoms with van der Waals surface area (Å²) in [5.74, 6) is -0.679. The molecular weight excluding hydrogens is 265 g/mol. The first-order valence-electron chi connectivity index (χ1n) is 5.56. The highest BCUT2D eigenvalue weighted by Crippen LogP contribution is 2.09. The zero-order valence-corrected chi connectivity index (χ0v) is 10.8. The summed E-state index contributed by atoms with van der Waals surface area (Å²) >= 11 is 4.88. The highest BCUT2D eigenvalue weighted by molar-refractivity contribution is 7.80. The molecule has 1 amide bonds. The van der Waals surface area contributed by atoms with Gasteiger partial charge in [-0.15, -0.1) is 0 Å². The fraction of sp³-hybridized carbons (Fsp3) is 0.0769. The maximum absolute atomic E-state index is 13.0. The number of hydrogen-bond acceptors (Lipinski definition) is 2. The number of nitrogens with zero attached hydrogens (tertiary/aromatic N) is 1. The summed E-state index contributed by atoms with van der Waals surface area (Å²) in [4.78, 5) is 12.1. The fourth-order valence-electron chi connectivity index (χ4n) is 1.70. The molecule has 0 spiro atoms. The summed E-state index contributed by atoms with van der Waals surface area (Å²) in [6.45, 7) is 0.0657. The number of nitrogens with one attached hydrogen (secondary N) is 1. The van der Waals surface area contributed by atoms with E-state index in [0.29, 0.717) is 11.4 Å². The van der Waals surface area contributed by atoms with E-state index in [1.54, 1.807) is 29.0 Å². The number of hydrogen-bond donors (Lipinski definition) is 2. The molecule has 6 heteroatoms. The molecule has 0 aliphatic carbocycles. The van der Waals surface area contributed by atoms with Crippen LogP contribution in [0, 0.1) is 5.82 Å². The number of carbonyl (C=O) groups is 1. The molecule has 2 rings (SSSR count). The molecule has 19 heavy (non-hydrogen) atoms. The van der Waals surface area contributed by atoms with Crippen molar-refractivity contribution < 1.29 is 9.18 Å². The number of benzene rings is 1. The highest BCUT2D eigenvalue weighted by Gasteiger charge is 2.08. The molecule has 0 saturated heterocycles. The molecule has 0 bridgehead atoms. The van der Waals surface area contributed by atoms with Crippen molar-refractivity contribution in [2.24, 2.45) is 5.73 Å². The second-order valence-corrected chi connectivity index (χ2v) is 4.38. The molecule has 1 heterocycles. The number of rotatable bonds is 4. The molecule has 3 N–H and O–H groups in total. The van der Waals surface area contributed by atoms with Gasteiger partial charge in [0.1, 0.15) is 17.4 Å². The quantitative estimate of drug-likeness (QED) is 0.839. The first-order valence-corrected chi connectivity index (χ1v) is 5.97. The van der Waals surface area contributed by atoms with E-state index >= 15 is 0 Å². The van der Waals surface area contributed by atoms with Crippen LogP contribution in [0.5, 0.6) is 0 Å². The number of thiocarbonyl (C=S) groups is 1. The van der Waals surface area contributed by atoms with Crippen LogP contribution in [-0.4, -0.2) is 15.5 Å². The Hall–Kier alpha value is -2.21. The predicted molar refractivity (Wildman–Crippen MR) is 75.3 cm³/mol. The molecule has 98 valence electrons. The van der Waals surface area contributed by atoms with E-state index in [-0.39, 0.29) is 17.4 Å². The minimum atomic E-state index is -0.400. The van der Waals surface area contributed by atoms with Gasteiger partial charge in [-0.2, -0.15) is 0 Å². The van der Waals surface area contributed by atoms with Crippen LogP contribution in [-0.2, 0) is 11.3 Å². The van der Waals surface area contributed by atoms with Crippen molar-refractivity contribution in [3.63, 3.8) is 0 Å². The summed E-state index contributed by atoms with van der Waals surface area (Å²) < 4.78 is 14.6. The number of nitrogens with two attached hydrogens (primary N) is 1. The number of amides is 1. The summed E-state index contributed by atoms with van der Waals surface area (Å²) in [7, 11) is 0. The molecule has 1 aromatic carbocycles. The van der Waals surface area contributed by atoms with Gasteiger partial charge in [0, 0.05) is 11.9 Å². The van der Waals surface area contributed by atoms with E-state index < -0.39 is 5.82 Å². The smallest absolute Gasteiger partial charge is 0.244 e. The predicted octanol–water partition coefficient (Wildman–Crippen LogP) is 1.90. The van der Waals surface area contributed by atoms with Crippen molar-refractivity contribution in [3.8, 4) is 0 Å². The van der Waals surface area contributed by atoms with Gasteiger partial charge in [0.2, 0.25) is 5.91 Å². The Balaban J connectivity index is 2.05.